The average Bonchev–Trinajstić information content (AvgIpc) is 2.81. The molecular formula is C26H37ClFN5. The molecule has 180 valence electrons. The highest BCUT2D eigenvalue weighted by Crippen LogP contribution is 2.28. The number of piperidine rings is 1. The van der Waals surface area contributed by atoms with Crippen LogP contribution < -0.4 is 10.2 Å². The number of rotatable bonds is 7. The van der Waals surface area contributed by atoms with Gasteiger partial charge in [0, 0.05) is 61.6 Å². The van der Waals surface area contributed by atoms with Crippen molar-refractivity contribution < 1.29 is 4.39 Å². The van der Waals surface area contributed by atoms with Crippen LogP contribution >= 0.6 is 11.6 Å². The fourth-order valence-corrected chi connectivity index (χ4v) is 5.62. The van der Waals surface area contributed by atoms with Gasteiger partial charge in [-0.2, -0.15) is 0 Å². The average molecular weight is 474 g/mol. The summed E-state index contributed by atoms with van der Waals surface area (Å²) >= 11 is 5.90. The molecule has 4 rings (SSSR count). The SMILES string of the molecule is CCC1CN(c2ncc(CNC)cc2C)CCN1C1CCN(Cc2ccc(Cl)cc2F)CC1. The van der Waals surface area contributed by atoms with Gasteiger partial charge in [0.2, 0.25) is 0 Å². The number of aromatic nitrogens is 1. The smallest absolute Gasteiger partial charge is 0.131 e. The van der Waals surface area contributed by atoms with Crippen molar-refractivity contribution in [1.29, 1.82) is 0 Å². The molecule has 5 nitrogen and oxygen atoms in total. The summed E-state index contributed by atoms with van der Waals surface area (Å²) in [5.41, 5.74) is 3.23. The van der Waals surface area contributed by atoms with Gasteiger partial charge in [-0.05, 0) is 75.6 Å². The first-order chi connectivity index (χ1) is 16.0. The first-order valence-corrected chi connectivity index (χ1v) is 12.6. The minimum Gasteiger partial charge on any atom is -0.354 e. The summed E-state index contributed by atoms with van der Waals surface area (Å²) in [7, 11) is 1.97. The Morgan fingerprint density at radius 1 is 1.15 bits per heavy atom. The van der Waals surface area contributed by atoms with Crippen LogP contribution in [0.25, 0.3) is 0 Å². The van der Waals surface area contributed by atoms with Crippen molar-refractivity contribution in [2.75, 3.05) is 44.7 Å². The van der Waals surface area contributed by atoms with Crippen LogP contribution in [-0.2, 0) is 13.1 Å². The molecule has 1 atom stereocenters. The van der Waals surface area contributed by atoms with E-state index in [0.717, 1.165) is 69.9 Å². The largest absolute Gasteiger partial charge is 0.354 e. The van der Waals surface area contributed by atoms with Gasteiger partial charge >= 0.3 is 0 Å². The summed E-state index contributed by atoms with van der Waals surface area (Å²) in [6.07, 6.45) is 5.43. The van der Waals surface area contributed by atoms with Gasteiger partial charge in [0.25, 0.3) is 0 Å². The molecule has 1 aromatic heterocycles. The molecule has 0 radical (unpaired) electrons. The Balaban J connectivity index is 1.33. The van der Waals surface area contributed by atoms with Crippen LogP contribution in [-0.4, -0.2) is 66.6 Å². The molecule has 0 aliphatic carbocycles. The molecule has 2 aliphatic rings. The van der Waals surface area contributed by atoms with E-state index in [1.807, 2.05) is 19.3 Å². The third-order valence-corrected chi connectivity index (χ3v) is 7.46. The lowest BCUT2D eigenvalue weighted by molar-refractivity contribution is 0.0607. The van der Waals surface area contributed by atoms with E-state index < -0.39 is 0 Å². The van der Waals surface area contributed by atoms with Crippen LogP contribution in [0.1, 0.15) is 42.9 Å². The first-order valence-electron chi connectivity index (χ1n) is 12.3. The lowest BCUT2D eigenvalue weighted by atomic mass is 9.97. The Labute approximate surface area is 202 Å². The molecular weight excluding hydrogens is 437 g/mol. The molecule has 0 bridgehead atoms. The second-order valence-corrected chi connectivity index (χ2v) is 9.94. The maximum Gasteiger partial charge on any atom is 0.131 e. The third-order valence-electron chi connectivity index (χ3n) is 7.22. The van der Waals surface area contributed by atoms with E-state index in [9.17, 15) is 4.39 Å². The predicted octanol–water partition coefficient (Wildman–Crippen LogP) is 4.47. The summed E-state index contributed by atoms with van der Waals surface area (Å²) in [4.78, 5) is 12.4. The van der Waals surface area contributed by atoms with E-state index in [-0.39, 0.29) is 5.82 Å². The van der Waals surface area contributed by atoms with Crippen LogP contribution in [0, 0.1) is 12.7 Å². The number of likely N-dealkylation sites (tertiary alicyclic amines) is 1. The zero-order valence-electron chi connectivity index (χ0n) is 20.2. The Morgan fingerprint density at radius 3 is 2.61 bits per heavy atom. The number of pyridine rings is 1. The Morgan fingerprint density at radius 2 is 1.94 bits per heavy atom. The first kappa shape index (κ1) is 24.4. The van der Waals surface area contributed by atoms with Crippen LogP contribution in [0.15, 0.2) is 30.5 Å². The Kier molecular flexibility index (Phi) is 8.23. The number of halogens is 2. The van der Waals surface area contributed by atoms with Gasteiger partial charge in [0.05, 0.1) is 0 Å². The topological polar surface area (TPSA) is 34.6 Å². The fraction of sp³-hybridized carbons (Fsp3) is 0.577. The van der Waals surface area contributed by atoms with Gasteiger partial charge in [-0.25, -0.2) is 9.37 Å². The molecule has 0 amide bonds. The van der Waals surface area contributed by atoms with E-state index in [2.05, 4.69) is 39.9 Å². The number of anilines is 1. The molecule has 3 heterocycles. The molecule has 2 fully saturated rings. The Hall–Kier alpha value is -1.73. The van der Waals surface area contributed by atoms with Crippen LogP contribution in [0.3, 0.4) is 0 Å². The molecule has 1 unspecified atom stereocenters. The maximum atomic E-state index is 14.2. The highest BCUT2D eigenvalue weighted by atomic mass is 35.5. The Bertz CT molecular complexity index is 931. The van der Waals surface area contributed by atoms with Crippen molar-refractivity contribution in [1.82, 2.24) is 20.1 Å². The predicted molar refractivity (Wildman–Crippen MR) is 134 cm³/mol. The second kappa shape index (κ2) is 11.1. The van der Waals surface area contributed by atoms with Crippen molar-refractivity contribution >= 4 is 17.4 Å². The minimum atomic E-state index is -0.199. The molecule has 1 N–H and O–H groups in total. The highest BCUT2D eigenvalue weighted by Gasteiger charge is 2.33. The number of piperazine rings is 1. The highest BCUT2D eigenvalue weighted by molar-refractivity contribution is 6.30. The summed E-state index contributed by atoms with van der Waals surface area (Å²) in [5.74, 6) is 0.933. The van der Waals surface area contributed by atoms with Crippen LogP contribution in [0.2, 0.25) is 5.02 Å². The number of aryl methyl sites for hydroxylation is 1. The lowest BCUT2D eigenvalue weighted by Crippen LogP contribution is -2.58. The van der Waals surface area contributed by atoms with E-state index in [4.69, 9.17) is 16.6 Å². The van der Waals surface area contributed by atoms with E-state index in [1.54, 1.807) is 6.07 Å². The van der Waals surface area contributed by atoms with Gasteiger partial charge in [0.15, 0.2) is 0 Å². The normalized spacial score (nSPS) is 21.0. The van der Waals surface area contributed by atoms with Gasteiger partial charge in [-0.15, -0.1) is 0 Å². The van der Waals surface area contributed by atoms with Gasteiger partial charge in [-0.1, -0.05) is 24.6 Å². The maximum absolute atomic E-state index is 14.2. The van der Waals surface area contributed by atoms with Crippen molar-refractivity contribution in [3.05, 3.63) is 58.0 Å². The number of benzene rings is 1. The third kappa shape index (κ3) is 5.86. The number of nitrogens with one attached hydrogen (secondary N) is 1. The number of hydrogen-bond donors (Lipinski definition) is 1. The second-order valence-electron chi connectivity index (χ2n) is 9.50. The molecule has 0 saturated carbocycles. The van der Waals surface area contributed by atoms with E-state index in [1.165, 1.54) is 17.2 Å². The summed E-state index contributed by atoms with van der Waals surface area (Å²) in [6, 6.07) is 8.42. The van der Waals surface area contributed by atoms with Crippen LogP contribution in [0.4, 0.5) is 10.2 Å². The van der Waals surface area contributed by atoms with E-state index in [0.29, 0.717) is 23.7 Å². The zero-order chi connectivity index (χ0) is 23.4. The monoisotopic (exact) mass is 473 g/mol. The fourth-order valence-electron chi connectivity index (χ4n) is 5.46. The van der Waals surface area contributed by atoms with Crippen molar-refractivity contribution in [3.63, 3.8) is 0 Å². The van der Waals surface area contributed by atoms with Crippen LogP contribution in [0.5, 0.6) is 0 Å². The minimum absolute atomic E-state index is 0.199. The molecule has 2 aromatic rings. The standard InChI is InChI=1S/C26H37ClFN5/c1-4-23-18-32(26-19(2)13-20(15-29-3)16-30-26)11-12-33(23)24-7-9-31(10-8-24)17-21-5-6-22(27)14-25(21)28/h5-6,13-14,16,23-24,29H,4,7-12,15,17-18H2,1-3H3. The summed E-state index contributed by atoms with van der Waals surface area (Å²) in [5, 5.41) is 3.66. The van der Waals surface area contributed by atoms with Gasteiger partial charge in [0.1, 0.15) is 11.6 Å². The van der Waals surface area contributed by atoms with Gasteiger partial charge in [-0.3, -0.25) is 9.80 Å². The van der Waals surface area contributed by atoms with Crippen molar-refractivity contribution in [3.8, 4) is 0 Å². The number of nitrogens with zero attached hydrogens (tertiary/aromatic N) is 4. The molecule has 0 spiro atoms. The van der Waals surface area contributed by atoms with Gasteiger partial charge < -0.3 is 10.2 Å². The molecule has 33 heavy (non-hydrogen) atoms. The van der Waals surface area contributed by atoms with E-state index >= 15 is 0 Å². The van der Waals surface area contributed by atoms with Crippen molar-refractivity contribution in [2.24, 2.45) is 0 Å². The summed E-state index contributed by atoms with van der Waals surface area (Å²) in [6.45, 7) is 11.1. The lowest BCUT2D eigenvalue weighted by Gasteiger charge is -2.48. The summed E-state index contributed by atoms with van der Waals surface area (Å²) < 4.78 is 14.2. The zero-order valence-corrected chi connectivity index (χ0v) is 20.9. The molecule has 7 heteroatoms. The molecule has 2 saturated heterocycles. The quantitative estimate of drug-likeness (QED) is 0.642. The number of hydrogen-bond acceptors (Lipinski definition) is 5. The molecule has 2 aliphatic heterocycles. The van der Waals surface area contributed by atoms with Crippen molar-refractivity contribution in [2.45, 2.75) is 58.3 Å². The molecule has 1 aromatic carbocycles.